The lowest BCUT2D eigenvalue weighted by atomic mass is 10.1. The summed E-state index contributed by atoms with van der Waals surface area (Å²) in [6, 6.07) is 4.64. The third-order valence-electron chi connectivity index (χ3n) is 2.56. The molecule has 7 heteroatoms. The van der Waals surface area contributed by atoms with Crippen molar-refractivity contribution in [2.45, 2.75) is 10.9 Å². The molecule has 20 heavy (non-hydrogen) atoms. The highest BCUT2D eigenvalue weighted by Crippen LogP contribution is 2.21. The summed E-state index contributed by atoms with van der Waals surface area (Å²) in [6.45, 7) is -0.258. The third kappa shape index (κ3) is 3.29. The first-order chi connectivity index (χ1) is 9.61. The largest absolute Gasteiger partial charge is 0.384 e. The van der Waals surface area contributed by atoms with Crippen LogP contribution in [0.4, 0.5) is 4.39 Å². The van der Waals surface area contributed by atoms with E-state index in [4.69, 9.17) is 5.11 Å². The van der Waals surface area contributed by atoms with Crippen LogP contribution in [0, 0.1) is 17.7 Å². The number of aliphatic hydroxyl groups is 1. The second kappa shape index (κ2) is 6.41. The number of nitrogens with zero attached hydrogens (tertiary/aromatic N) is 2. The molecule has 1 aromatic carbocycles. The van der Waals surface area contributed by atoms with Crippen molar-refractivity contribution in [1.29, 1.82) is 0 Å². The molecular weight excluding hydrogens is 281 g/mol. The first-order valence-electron chi connectivity index (χ1n) is 5.74. The third-order valence-corrected chi connectivity index (χ3v) is 3.64. The minimum absolute atomic E-state index is 0.258. The lowest BCUT2D eigenvalue weighted by Crippen LogP contribution is -2.12. The van der Waals surface area contributed by atoms with Gasteiger partial charge in [0, 0.05) is 18.4 Å². The van der Waals surface area contributed by atoms with Gasteiger partial charge in [-0.25, -0.2) is 14.3 Å². The molecule has 0 aliphatic heterocycles. The summed E-state index contributed by atoms with van der Waals surface area (Å²) in [4.78, 5) is 11.2. The average Bonchev–Trinajstić information content (AvgIpc) is 2.76. The highest BCUT2D eigenvalue weighted by atomic mass is 32.2. The molecule has 0 bridgehead atoms. The average molecular weight is 293 g/mol. The second-order valence-electron chi connectivity index (χ2n) is 3.93. The maximum absolute atomic E-state index is 13.8. The molecule has 0 spiro atoms. The van der Waals surface area contributed by atoms with Gasteiger partial charge in [-0.05, 0) is 17.7 Å². The van der Waals surface area contributed by atoms with Crippen LogP contribution in [0.2, 0.25) is 0 Å². The Morgan fingerprint density at radius 3 is 2.95 bits per heavy atom. The molecule has 0 atom stereocenters. The predicted molar refractivity (Wildman–Crippen MR) is 73.8 cm³/mol. The number of aromatic nitrogens is 3. The van der Waals surface area contributed by atoms with Gasteiger partial charge in [-0.2, -0.15) is 0 Å². The number of benzene rings is 1. The van der Waals surface area contributed by atoms with Crippen LogP contribution in [0.5, 0.6) is 0 Å². The number of nitrogens with one attached hydrogen (secondary N) is 1. The molecule has 104 valence electrons. The van der Waals surface area contributed by atoms with E-state index in [1.54, 1.807) is 19.2 Å². The maximum atomic E-state index is 13.8. The van der Waals surface area contributed by atoms with Gasteiger partial charge in [0.1, 0.15) is 12.4 Å². The number of aliphatic hydroxyl groups excluding tert-OH is 1. The number of thioether (sulfide) groups is 1. The van der Waals surface area contributed by atoms with E-state index in [1.165, 1.54) is 22.4 Å². The molecule has 0 aliphatic carbocycles. The standard InChI is InChI=1S/C13H12FN3O2S/c1-17-12(19)15-16-13(17)20-8-10-5-4-9(3-2-6-18)7-11(10)14/h4-5,7,18H,6,8H2,1H3,(H,15,19). The van der Waals surface area contributed by atoms with Crippen LogP contribution in [0.3, 0.4) is 0 Å². The van der Waals surface area contributed by atoms with Gasteiger partial charge in [-0.3, -0.25) is 4.57 Å². The molecule has 0 fully saturated rings. The number of hydrogen-bond donors (Lipinski definition) is 2. The van der Waals surface area contributed by atoms with Crippen LogP contribution in [-0.4, -0.2) is 26.5 Å². The molecule has 2 rings (SSSR count). The van der Waals surface area contributed by atoms with E-state index >= 15 is 0 Å². The molecule has 0 unspecified atom stereocenters. The van der Waals surface area contributed by atoms with Crippen molar-refractivity contribution in [1.82, 2.24) is 14.8 Å². The van der Waals surface area contributed by atoms with Crippen LogP contribution in [0.25, 0.3) is 0 Å². The van der Waals surface area contributed by atoms with E-state index in [0.717, 1.165) is 0 Å². The summed E-state index contributed by atoms with van der Waals surface area (Å²) in [5.74, 6) is 5.09. The van der Waals surface area contributed by atoms with Crippen LogP contribution in [-0.2, 0) is 12.8 Å². The molecule has 2 N–H and O–H groups in total. The zero-order valence-corrected chi connectivity index (χ0v) is 11.5. The van der Waals surface area contributed by atoms with Crippen LogP contribution >= 0.6 is 11.8 Å². The van der Waals surface area contributed by atoms with Crippen molar-refractivity contribution in [2.24, 2.45) is 7.05 Å². The van der Waals surface area contributed by atoms with E-state index in [-0.39, 0.29) is 18.1 Å². The Morgan fingerprint density at radius 1 is 1.55 bits per heavy atom. The predicted octanol–water partition coefficient (Wildman–Crippen LogP) is 0.884. The van der Waals surface area contributed by atoms with Gasteiger partial charge < -0.3 is 5.11 Å². The van der Waals surface area contributed by atoms with E-state index in [0.29, 0.717) is 22.0 Å². The number of hydrogen-bond acceptors (Lipinski definition) is 4. The van der Waals surface area contributed by atoms with Gasteiger partial charge in [0.2, 0.25) is 0 Å². The molecule has 2 aromatic rings. The fourth-order valence-corrected chi connectivity index (χ4v) is 2.39. The number of H-pyrrole nitrogens is 1. The van der Waals surface area contributed by atoms with Gasteiger partial charge in [0.25, 0.3) is 0 Å². The summed E-state index contributed by atoms with van der Waals surface area (Å²) in [5.41, 5.74) is 0.708. The Bertz CT molecular complexity index is 727. The van der Waals surface area contributed by atoms with Crippen molar-refractivity contribution >= 4 is 11.8 Å². The minimum Gasteiger partial charge on any atom is -0.384 e. The molecule has 0 saturated carbocycles. The van der Waals surface area contributed by atoms with Crippen LogP contribution in [0.15, 0.2) is 28.2 Å². The molecule has 0 aliphatic rings. The van der Waals surface area contributed by atoms with Crippen molar-refractivity contribution in [3.05, 3.63) is 45.6 Å². The topological polar surface area (TPSA) is 70.9 Å². The molecule has 0 amide bonds. The van der Waals surface area contributed by atoms with E-state index < -0.39 is 0 Å². The lowest BCUT2D eigenvalue weighted by molar-refractivity contribution is 0.350. The molecule has 1 aromatic heterocycles. The molecule has 5 nitrogen and oxygen atoms in total. The Hall–Kier alpha value is -2.04. The summed E-state index contributed by atoms with van der Waals surface area (Å²) < 4.78 is 15.2. The number of halogens is 1. The minimum atomic E-state index is -0.372. The molecular formula is C13H12FN3O2S. The fourth-order valence-electron chi connectivity index (χ4n) is 1.49. The van der Waals surface area contributed by atoms with Gasteiger partial charge >= 0.3 is 5.69 Å². The summed E-state index contributed by atoms with van der Waals surface area (Å²) in [5, 5.41) is 15.2. The maximum Gasteiger partial charge on any atom is 0.343 e. The van der Waals surface area contributed by atoms with E-state index in [9.17, 15) is 9.18 Å². The van der Waals surface area contributed by atoms with Crippen molar-refractivity contribution in [3.63, 3.8) is 0 Å². The van der Waals surface area contributed by atoms with E-state index in [2.05, 4.69) is 22.0 Å². The Kier molecular flexibility index (Phi) is 4.61. The number of rotatable bonds is 3. The fraction of sp³-hybridized carbons (Fsp3) is 0.231. The Morgan fingerprint density at radius 2 is 2.35 bits per heavy atom. The van der Waals surface area contributed by atoms with Crippen molar-refractivity contribution in [3.8, 4) is 11.8 Å². The van der Waals surface area contributed by atoms with Crippen molar-refractivity contribution < 1.29 is 9.50 Å². The van der Waals surface area contributed by atoms with Crippen molar-refractivity contribution in [2.75, 3.05) is 6.61 Å². The van der Waals surface area contributed by atoms with Gasteiger partial charge in [0.15, 0.2) is 5.16 Å². The van der Waals surface area contributed by atoms with Crippen LogP contribution in [0.1, 0.15) is 11.1 Å². The SMILES string of the molecule is Cn1c(SCc2ccc(C#CCO)cc2F)n[nH]c1=O. The second-order valence-corrected chi connectivity index (χ2v) is 4.87. The van der Waals surface area contributed by atoms with E-state index in [1.807, 2.05) is 0 Å². The summed E-state index contributed by atoms with van der Waals surface area (Å²) >= 11 is 1.26. The van der Waals surface area contributed by atoms with Crippen LogP contribution < -0.4 is 5.69 Å². The quantitative estimate of drug-likeness (QED) is 0.651. The van der Waals surface area contributed by atoms with Gasteiger partial charge in [0.05, 0.1) is 0 Å². The molecule has 0 radical (unpaired) electrons. The Labute approximate surface area is 118 Å². The zero-order chi connectivity index (χ0) is 14.5. The van der Waals surface area contributed by atoms with Gasteiger partial charge in [-0.15, -0.1) is 5.10 Å². The highest BCUT2D eigenvalue weighted by Gasteiger charge is 2.08. The normalized spacial score (nSPS) is 10.2. The Balaban J connectivity index is 2.10. The monoisotopic (exact) mass is 293 g/mol. The van der Waals surface area contributed by atoms with Gasteiger partial charge in [-0.1, -0.05) is 29.7 Å². The highest BCUT2D eigenvalue weighted by molar-refractivity contribution is 7.98. The summed E-state index contributed by atoms with van der Waals surface area (Å²) in [6.07, 6.45) is 0. The number of aromatic amines is 1. The first kappa shape index (κ1) is 14.4. The first-order valence-corrected chi connectivity index (χ1v) is 6.72. The summed E-state index contributed by atoms with van der Waals surface area (Å²) in [7, 11) is 1.60. The molecule has 0 saturated heterocycles. The lowest BCUT2D eigenvalue weighted by Gasteiger charge is -2.03. The molecule has 1 heterocycles. The smallest absolute Gasteiger partial charge is 0.343 e. The zero-order valence-electron chi connectivity index (χ0n) is 10.7.